The zero-order chi connectivity index (χ0) is 22.8. The minimum atomic E-state index is -0.832. The van der Waals surface area contributed by atoms with E-state index in [1.54, 1.807) is 4.68 Å². The van der Waals surface area contributed by atoms with E-state index >= 15 is 0 Å². The molecule has 1 aliphatic heterocycles. The number of carbonyl (C=O) groups excluding carboxylic acids is 3. The molecule has 7 nitrogen and oxygen atoms in total. The van der Waals surface area contributed by atoms with Crippen LogP contribution in [0.4, 0.5) is 5.82 Å². The largest absolute Gasteiger partial charge is 0.309 e. The lowest BCUT2D eigenvalue weighted by Gasteiger charge is -2.27. The van der Waals surface area contributed by atoms with Gasteiger partial charge in [0.1, 0.15) is 11.9 Å². The Kier molecular flexibility index (Phi) is 6.26. The Bertz CT molecular complexity index is 1010. The fourth-order valence-electron chi connectivity index (χ4n) is 4.64. The first kappa shape index (κ1) is 22.0. The first-order chi connectivity index (χ1) is 15.3. The summed E-state index contributed by atoms with van der Waals surface area (Å²) in [6.07, 6.45) is 5.45. The molecule has 0 spiro atoms. The highest BCUT2D eigenvalue weighted by atomic mass is 16.2. The Balaban J connectivity index is 1.57. The van der Waals surface area contributed by atoms with Crippen molar-refractivity contribution in [3.63, 3.8) is 0 Å². The van der Waals surface area contributed by atoms with Crippen LogP contribution in [-0.4, -0.2) is 38.4 Å². The van der Waals surface area contributed by atoms with Crippen molar-refractivity contribution < 1.29 is 14.4 Å². The predicted molar refractivity (Wildman–Crippen MR) is 122 cm³/mol. The molecule has 32 heavy (non-hydrogen) atoms. The van der Waals surface area contributed by atoms with Crippen LogP contribution in [0.15, 0.2) is 48.6 Å². The zero-order valence-corrected chi connectivity index (χ0v) is 18.8. The monoisotopic (exact) mass is 434 g/mol. The number of imide groups is 1. The van der Waals surface area contributed by atoms with Crippen molar-refractivity contribution in [2.45, 2.75) is 52.6 Å². The average Bonchev–Trinajstić information content (AvgIpc) is 3.23. The second-order valence-corrected chi connectivity index (χ2v) is 9.15. The standard InChI is InChI=1S/C25H30N4O3/c1-16(2)13-21(29-24(31)19-11-7-8-12-20(19)25(29)32)23(30)26-22-14-17(3)27-28(22)15-18-9-5-4-6-10-18/h4-10,14,16,19-21H,11-13,15H2,1-3H3,(H,26,30). The first-order valence-electron chi connectivity index (χ1n) is 11.3. The Morgan fingerprint density at radius 3 is 2.31 bits per heavy atom. The Morgan fingerprint density at radius 2 is 1.72 bits per heavy atom. The number of nitrogens with zero attached hydrogens (tertiary/aromatic N) is 3. The molecule has 1 N–H and O–H groups in total. The van der Waals surface area contributed by atoms with Gasteiger partial charge in [0.15, 0.2) is 0 Å². The van der Waals surface area contributed by atoms with E-state index in [0.717, 1.165) is 11.3 Å². The Morgan fingerprint density at radius 1 is 1.09 bits per heavy atom. The summed E-state index contributed by atoms with van der Waals surface area (Å²) in [5.74, 6) is -0.785. The second-order valence-electron chi connectivity index (χ2n) is 9.15. The van der Waals surface area contributed by atoms with Gasteiger partial charge in [-0.2, -0.15) is 5.10 Å². The van der Waals surface area contributed by atoms with Crippen LogP contribution < -0.4 is 5.32 Å². The molecule has 1 aromatic carbocycles. The summed E-state index contributed by atoms with van der Waals surface area (Å²) >= 11 is 0. The molecular formula is C25H30N4O3. The van der Waals surface area contributed by atoms with E-state index in [4.69, 9.17) is 0 Å². The van der Waals surface area contributed by atoms with E-state index < -0.39 is 6.04 Å². The van der Waals surface area contributed by atoms with Crippen LogP contribution in [0.3, 0.4) is 0 Å². The number of aromatic nitrogens is 2. The van der Waals surface area contributed by atoms with Gasteiger partial charge in [0.05, 0.1) is 24.1 Å². The van der Waals surface area contributed by atoms with Crippen LogP contribution in [0, 0.1) is 24.7 Å². The zero-order valence-electron chi connectivity index (χ0n) is 18.8. The van der Waals surface area contributed by atoms with Gasteiger partial charge >= 0.3 is 0 Å². The fourth-order valence-corrected chi connectivity index (χ4v) is 4.64. The maximum atomic E-state index is 13.4. The molecule has 0 saturated carbocycles. The van der Waals surface area contributed by atoms with Gasteiger partial charge in [-0.25, -0.2) is 4.68 Å². The Hall–Kier alpha value is -3.22. The van der Waals surface area contributed by atoms with E-state index in [-0.39, 0.29) is 35.5 Å². The number of nitrogens with one attached hydrogen (secondary N) is 1. The van der Waals surface area contributed by atoms with Crippen molar-refractivity contribution in [2.24, 2.45) is 17.8 Å². The van der Waals surface area contributed by atoms with E-state index in [9.17, 15) is 14.4 Å². The van der Waals surface area contributed by atoms with Gasteiger partial charge in [0.25, 0.3) is 0 Å². The van der Waals surface area contributed by atoms with Gasteiger partial charge in [0.2, 0.25) is 17.7 Å². The molecule has 0 radical (unpaired) electrons. The number of aryl methyl sites for hydroxylation is 1. The van der Waals surface area contributed by atoms with Crippen molar-refractivity contribution >= 4 is 23.5 Å². The van der Waals surface area contributed by atoms with Crippen LogP contribution in [0.25, 0.3) is 0 Å². The van der Waals surface area contributed by atoms with Gasteiger partial charge in [-0.15, -0.1) is 0 Å². The molecule has 3 unspecified atom stereocenters. The molecule has 3 atom stereocenters. The molecule has 3 amide bonds. The van der Waals surface area contributed by atoms with Crippen molar-refractivity contribution in [3.8, 4) is 0 Å². The summed E-state index contributed by atoms with van der Waals surface area (Å²) in [6.45, 7) is 6.36. The lowest BCUT2D eigenvalue weighted by Crippen LogP contribution is -2.48. The number of anilines is 1. The number of amides is 3. The first-order valence-corrected chi connectivity index (χ1v) is 11.3. The maximum Gasteiger partial charge on any atom is 0.248 e. The third-order valence-electron chi connectivity index (χ3n) is 6.18. The van der Waals surface area contributed by atoms with Crippen molar-refractivity contribution in [1.29, 1.82) is 0 Å². The van der Waals surface area contributed by atoms with Crippen LogP contribution in [0.5, 0.6) is 0 Å². The number of carbonyl (C=O) groups is 3. The molecule has 1 fully saturated rings. The molecule has 168 valence electrons. The number of hydrogen-bond donors (Lipinski definition) is 1. The van der Waals surface area contributed by atoms with E-state index in [1.165, 1.54) is 4.90 Å². The highest BCUT2D eigenvalue weighted by Gasteiger charge is 2.51. The minimum absolute atomic E-state index is 0.142. The normalized spacial score (nSPS) is 21.2. The second kappa shape index (κ2) is 9.10. The minimum Gasteiger partial charge on any atom is -0.309 e. The van der Waals surface area contributed by atoms with Crippen LogP contribution in [0.2, 0.25) is 0 Å². The number of benzene rings is 1. The van der Waals surface area contributed by atoms with Crippen LogP contribution in [-0.2, 0) is 20.9 Å². The molecule has 7 heteroatoms. The highest BCUT2D eigenvalue weighted by molar-refractivity contribution is 6.10. The smallest absolute Gasteiger partial charge is 0.248 e. The fraction of sp³-hybridized carbons (Fsp3) is 0.440. The quantitative estimate of drug-likeness (QED) is 0.534. The van der Waals surface area contributed by atoms with Crippen molar-refractivity contribution in [3.05, 3.63) is 59.8 Å². The highest BCUT2D eigenvalue weighted by Crippen LogP contribution is 2.37. The lowest BCUT2D eigenvalue weighted by molar-refractivity contribution is -0.147. The molecule has 1 aromatic heterocycles. The third kappa shape index (κ3) is 4.38. The number of rotatable bonds is 7. The number of likely N-dealkylation sites (tertiary alicyclic amines) is 1. The summed E-state index contributed by atoms with van der Waals surface area (Å²) in [5, 5.41) is 7.47. The topological polar surface area (TPSA) is 84.3 Å². The molecule has 4 rings (SSSR count). The van der Waals surface area contributed by atoms with Gasteiger partial charge in [-0.05, 0) is 37.7 Å². The molecule has 1 aliphatic carbocycles. The summed E-state index contributed by atoms with van der Waals surface area (Å²) in [4.78, 5) is 40.9. The van der Waals surface area contributed by atoms with E-state index in [1.807, 2.05) is 69.3 Å². The molecule has 2 heterocycles. The summed E-state index contributed by atoms with van der Waals surface area (Å²) < 4.78 is 1.74. The van der Waals surface area contributed by atoms with Gasteiger partial charge < -0.3 is 5.32 Å². The predicted octanol–water partition coefficient (Wildman–Crippen LogP) is 3.54. The summed E-state index contributed by atoms with van der Waals surface area (Å²) in [5.41, 5.74) is 1.84. The van der Waals surface area contributed by atoms with Crippen molar-refractivity contribution in [2.75, 3.05) is 5.32 Å². The number of allylic oxidation sites excluding steroid dienone is 2. The van der Waals surface area contributed by atoms with Crippen LogP contribution in [0.1, 0.15) is 44.4 Å². The van der Waals surface area contributed by atoms with Crippen LogP contribution >= 0.6 is 0 Å². The average molecular weight is 435 g/mol. The molecule has 2 aromatic rings. The SMILES string of the molecule is Cc1cc(NC(=O)C(CC(C)C)N2C(=O)C3CC=CCC3C2=O)n(Cc2ccccc2)n1. The number of fused-ring (bicyclic) bond motifs is 1. The van der Waals surface area contributed by atoms with Gasteiger partial charge in [0, 0.05) is 6.07 Å². The summed E-state index contributed by atoms with van der Waals surface area (Å²) in [6, 6.07) is 10.9. The molecular weight excluding hydrogens is 404 g/mol. The third-order valence-corrected chi connectivity index (χ3v) is 6.18. The molecule has 0 bridgehead atoms. The Labute approximate surface area is 188 Å². The molecule has 1 saturated heterocycles. The number of hydrogen-bond acceptors (Lipinski definition) is 4. The lowest BCUT2D eigenvalue weighted by atomic mass is 9.85. The van der Waals surface area contributed by atoms with Gasteiger partial charge in [-0.1, -0.05) is 56.3 Å². The summed E-state index contributed by atoms with van der Waals surface area (Å²) in [7, 11) is 0. The van der Waals surface area contributed by atoms with Gasteiger partial charge in [-0.3, -0.25) is 19.3 Å². The van der Waals surface area contributed by atoms with Crippen molar-refractivity contribution in [1.82, 2.24) is 14.7 Å². The molecule has 2 aliphatic rings. The maximum absolute atomic E-state index is 13.4. The van der Waals surface area contributed by atoms with E-state index in [0.29, 0.717) is 31.6 Å². The van der Waals surface area contributed by atoms with E-state index in [2.05, 4.69) is 10.4 Å².